The third kappa shape index (κ3) is 5.11. The van der Waals surface area contributed by atoms with Gasteiger partial charge in [-0.1, -0.05) is 54.3 Å². The Morgan fingerprint density at radius 2 is 1.27 bits per heavy atom. The van der Waals surface area contributed by atoms with E-state index in [0.29, 0.717) is 0 Å². The number of benzene rings is 2. The molecular weight excluding hydrogens is 400 g/mol. The number of rotatable bonds is 1. The first-order valence-corrected chi connectivity index (χ1v) is 11.0. The molecule has 0 fully saturated rings. The van der Waals surface area contributed by atoms with Crippen molar-refractivity contribution in [2.24, 2.45) is 0 Å². The average molecular weight is 415 g/mol. The molecule has 138 valence electrons. The van der Waals surface area contributed by atoms with Gasteiger partial charge in [0.05, 0.1) is 9.75 Å². The summed E-state index contributed by atoms with van der Waals surface area (Å²) in [6.45, 7) is 0. The molecule has 2 aromatic carbocycles. The smallest absolute Gasteiger partial charge is 0.0857 e. The van der Waals surface area contributed by atoms with Crippen LogP contribution < -0.4 is 0 Å². The van der Waals surface area contributed by atoms with Crippen molar-refractivity contribution in [3.63, 3.8) is 0 Å². The average Bonchev–Trinajstić information content (AvgIpc) is 3.47. The quantitative estimate of drug-likeness (QED) is 0.321. The van der Waals surface area contributed by atoms with Crippen LogP contribution in [-0.4, -0.2) is 0 Å². The van der Waals surface area contributed by atoms with E-state index in [-0.39, 0.29) is 0 Å². The van der Waals surface area contributed by atoms with Gasteiger partial charge in [0.1, 0.15) is 0 Å². The lowest BCUT2D eigenvalue weighted by Crippen LogP contribution is -1.84. The summed E-state index contributed by atoms with van der Waals surface area (Å²) < 4.78 is 0. The second kappa shape index (κ2) is 10.0. The molecule has 0 atom stereocenters. The molecule has 0 radical (unpaired) electrons. The summed E-state index contributed by atoms with van der Waals surface area (Å²) in [5.41, 5.74) is 4.03. The van der Waals surface area contributed by atoms with Crippen molar-refractivity contribution in [3.05, 3.63) is 104 Å². The van der Waals surface area contributed by atoms with Crippen molar-refractivity contribution < 1.29 is 0 Å². The minimum atomic E-state index is 0.936. The molecule has 4 aromatic rings. The van der Waals surface area contributed by atoms with E-state index in [9.17, 15) is 0 Å². The zero-order chi connectivity index (χ0) is 20.4. The number of hydrogen-bond acceptors (Lipinski definition) is 2. The molecule has 2 heterocycles. The first-order chi connectivity index (χ1) is 14.9. The van der Waals surface area contributed by atoms with Crippen molar-refractivity contribution in [2.75, 3.05) is 0 Å². The Labute approximate surface area is 185 Å². The summed E-state index contributed by atoms with van der Waals surface area (Å²) in [5, 5.41) is 4.06. The van der Waals surface area contributed by atoms with Gasteiger partial charge in [0.2, 0.25) is 0 Å². The first-order valence-electron chi connectivity index (χ1n) is 9.20. The van der Waals surface area contributed by atoms with E-state index in [0.717, 1.165) is 32.0 Å². The molecule has 0 amide bonds. The molecule has 0 saturated heterocycles. The van der Waals surface area contributed by atoms with Crippen molar-refractivity contribution in [1.29, 1.82) is 0 Å². The molecule has 0 nitrogen and oxygen atoms in total. The van der Waals surface area contributed by atoms with Gasteiger partial charge in [-0.05, 0) is 82.2 Å². The van der Waals surface area contributed by atoms with E-state index in [4.69, 9.17) is 0 Å². The van der Waals surface area contributed by atoms with E-state index in [1.54, 1.807) is 22.7 Å². The molecule has 4 rings (SSSR count). The van der Waals surface area contributed by atoms with Gasteiger partial charge < -0.3 is 0 Å². The van der Waals surface area contributed by atoms with E-state index in [2.05, 4.69) is 59.5 Å². The highest BCUT2D eigenvalue weighted by Crippen LogP contribution is 2.30. The summed E-state index contributed by atoms with van der Waals surface area (Å²) >= 11 is 3.23. The van der Waals surface area contributed by atoms with Crippen LogP contribution in [0.25, 0.3) is 11.1 Å². The third-order valence-corrected chi connectivity index (χ3v) is 5.68. The SMILES string of the molecule is C(C#Cc1ccccc1-c1ccsc1C#CC#Cc1cccs1)#Cc1ccccc1. The van der Waals surface area contributed by atoms with Crippen LogP contribution in [0.4, 0.5) is 0 Å². The minimum absolute atomic E-state index is 0.936. The summed E-state index contributed by atoms with van der Waals surface area (Å²) in [4.78, 5) is 2.01. The lowest BCUT2D eigenvalue weighted by atomic mass is 10.0. The summed E-state index contributed by atoms with van der Waals surface area (Å²) in [6.07, 6.45) is 0. The topological polar surface area (TPSA) is 0 Å². The first kappa shape index (κ1) is 19.4. The predicted octanol–water partition coefficient (Wildman–Crippen LogP) is 6.28. The zero-order valence-electron chi connectivity index (χ0n) is 15.9. The van der Waals surface area contributed by atoms with Crippen LogP contribution in [0.15, 0.2) is 83.6 Å². The Balaban J connectivity index is 1.60. The van der Waals surface area contributed by atoms with Crippen LogP contribution in [0, 0.1) is 47.4 Å². The Kier molecular flexibility index (Phi) is 6.48. The Morgan fingerprint density at radius 3 is 2.13 bits per heavy atom. The highest BCUT2D eigenvalue weighted by Gasteiger charge is 2.08. The predicted molar refractivity (Wildman–Crippen MR) is 128 cm³/mol. The molecule has 0 saturated carbocycles. The molecule has 0 aliphatic heterocycles. The molecule has 0 unspecified atom stereocenters. The van der Waals surface area contributed by atoms with Gasteiger partial charge in [-0.25, -0.2) is 0 Å². The molecule has 30 heavy (non-hydrogen) atoms. The van der Waals surface area contributed by atoms with Crippen molar-refractivity contribution in [1.82, 2.24) is 0 Å². The van der Waals surface area contributed by atoms with Crippen LogP contribution in [0.5, 0.6) is 0 Å². The van der Waals surface area contributed by atoms with Crippen LogP contribution in [0.3, 0.4) is 0 Å². The highest BCUT2D eigenvalue weighted by molar-refractivity contribution is 7.11. The maximum absolute atomic E-state index is 3.19. The van der Waals surface area contributed by atoms with Crippen LogP contribution >= 0.6 is 22.7 Å². The molecule has 2 aromatic heterocycles. The summed E-state index contributed by atoms with van der Waals surface area (Å²) in [6, 6.07) is 24.0. The number of thiophene rings is 2. The van der Waals surface area contributed by atoms with Gasteiger partial charge in [-0.3, -0.25) is 0 Å². The van der Waals surface area contributed by atoms with E-state index >= 15 is 0 Å². The zero-order valence-corrected chi connectivity index (χ0v) is 17.5. The van der Waals surface area contributed by atoms with Crippen LogP contribution in [0.1, 0.15) is 20.9 Å². The maximum Gasteiger partial charge on any atom is 0.0857 e. The van der Waals surface area contributed by atoms with Crippen molar-refractivity contribution in [3.8, 4) is 58.5 Å². The van der Waals surface area contributed by atoms with Gasteiger partial charge in [-0.15, -0.1) is 22.7 Å². The Hall–Kier alpha value is -3.92. The maximum atomic E-state index is 3.19. The fourth-order valence-corrected chi connectivity index (χ4v) is 4.03. The van der Waals surface area contributed by atoms with Crippen molar-refractivity contribution in [2.45, 2.75) is 0 Å². The Morgan fingerprint density at radius 1 is 0.500 bits per heavy atom. The minimum Gasteiger partial charge on any atom is -0.135 e. The molecular formula is C28H14S2. The standard InChI is InChI=1S/C28H14S2/c1-2-11-23(12-3-1)13-4-5-14-24-15-6-8-18-26(24)27-20-22-30-28(27)19-9-7-16-25-17-10-21-29-25/h1-3,6,8,10-12,15,17-18,20-22H. The second-order valence-electron chi connectivity index (χ2n) is 6.05. The van der Waals surface area contributed by atoms with E-state index in [1.165, 1.54) is 0 Å². The molecule has 0 aliphatic carbocycles. The highest BCUT2D eigenvalue weighted by atomic mass is 32.1. The third-order valence-electron chi connectivity index (χ3n) is 4.07. The van der Waals surface area contributed by atoms with Gasteiger partial charge in [0.15, 0.2) is 0 Å². The van der Waals surface area contributed by atoms with Gasteiger partial charge in [0.25, 0.3) is 0 Å². The molecule has 2 heteroatoms. The molecule has 0 aliphatic rings. The van der Waals surface area contributed by atoms with Gasteiger partial charge >= 0.3 is 0 Å². The lowest BCUT2D eigenvalue weighted by molar-refractivity contribution is 1.61. The number of hydrogen-bond donors (Lipinski definition) is 0. The van der Waals surface area contributed by atoms with Gasteiger partial charge in [0, 0.05) is 16.7 Å². The molecule has 0 bridgehead atoms. The van der Waals surface area contributed by atoms with Crippen molar-refractivity contribution >= 4 is 22.7 Å². The van der Waals surface area contributed by atoms with Gasteiger partial charge in [-0.2, -0.15) is 0 Å². The normalized spacial score (nSPS) is 8.93. The lowest BCUT2D eigenvalue weighted by Gasteiger charge is -2.02. The van der Waals surface area contributed by atoms with E-state index < -0.39 is 0 Å². The fraction of sp³-hybridized carbons (Fsp3) is 0. The fourth-order valence-electron chi connectivity index (χ4n) is 2.70. The Bertz CT molecular complexity index is 1390. The second-order valence-corrected chi connectivity index (χ2v) is 7.92. The van der Waals surface area contributed by atoms with E-state index in [1.807, 2.05) is 71.4 Å². The molecule has 0 N–H and O–H groups in total. The summed E-state index contributed by atoms with van der Waals surface area (Å²) in [7, 11) is 0. The van der Waals surface area contributed by atoms with Crippen LogP contribution in [-0.2, 0) is 0 Å². The largest absolute Gasteiger partial charge is 0.135 e. The summed E-state index contributed by atoms with van der Waals surface area (Å²) in [5.74, 6) is 24.3. The monoisotopic (exact) mass is 414 g/mol. The molecule has 0 spiro atoms. The van der Waals surface area contributed by atoms with Crippen LogP contribution in [0.2, 0.25) is 0 Å².